The Hall–Kier alpha value is -1.95. The number of carbonyl (C=O) groups excluding carboxylic acids is 2. The van der Waals surface area contributed by atoms with E-state index in [2.05, 4.69) is 4.98 Å². The molecular weight excluding hydrogens is 246 g/mol. The van der Waals surface area contributed by atoms with Crippen molar-refractivity contribution >= 4 is 17.5 Å². The molecule has 2 aliphatic heterocycles. The summed E-state index contributed by atoms with van der Waals surface area (Å²) in [5, 5.41) is 8.96. The van der Waals surface area contributed by atoms with Crippen LogP contribution in [-0.2, 0) is 9.59 Å². The number of rotatable bonds is 2. The number of amides is 2. The molecule has 6 heteroatoms. The first-order valence-electron chi connectivity index (χ1n) is 6.35. The van der Waals surface area contributed by atoms with E-state index in [1.165, 1.54) is 0 Å². The average Bonchev–Trinajstić information content (AvgIpc) is 2.96. The van der Waals surface area contributed by atoms with E-state index in [4.69, 9.17) is 5.11 Å². The fourth-order valence-corrected chi connectivity index (χ4v) is 3.08. The van der Waals surface area contributed by atoms with Gasteiger partial charge in [-0.1, -0.05) is 0 Å². The molecule has 3 heterocycles. The maximum absolute atomic E-state index is 12.1. The van der Waals surface area contributed by atoms with Crippen LogP contribution < -0.4 is 4.90 Å². The molecule has 1 N–H and O–H groups in total. The Morgan fingerprint density at radius 3 is 3.00 bits per heavy atom. The monoisotopic (exact) mass is 261 g/mol. The molecule has 2 amide bonds. The Bertz CT molecular complexity index is 505. The molecule has 0 bridgehead atoms. The van der Waals surface area contributed by atoms with E-state index >= 15 is 0 Å². The Morgan fingerprint density at radius 1 is 1.47 bits per heavy atom. The third-order valence-corrected chi connectivity index (χ3v) is 3.87. The zero-order valence-corrected chi connectivity index (χ0v) is 10.4. The summed E-state index contributed by atoms with van der Waals surface area (Å²) in [4.78, 5) is 31.2. The van der Waals surface area contributed by atoms with Gasteiger partial charge in [-0.2, -0.15) is 0 Å². The number of likely N-dealkylation sites (tertiary alicyclic amines) is 1. The highest BCUT2D eigenvalue weighted by molar-refractivity contribution is 5.98. The van der Waals surface area contributed by atoms with Gasteiger partial charge in [-0.25, -0.2) is 0 Å². The molecule has 2 fully saturated rings. The number of carbonyl (C=O) groups is 2. The van der Waals surface area contributed by atoms with Crippen LogP contribution in [0.2, 0.25) is 0 Å². The largest absolute Gasteiger partial charge is 0.387 e. The van der Waals surface area contributed by atoms with Crippen LogP contribution in [0.5, 0.6) is 0 Å². The van der Waals surface area contributed by atoms with Gasteiger partial charge in [0.25, 0.3) is 0 Å². The van der Waals surface area contributed by atoms with Crippen molar-refractivity contribution in [1.29, 1.82) is 0 Å². The highest BCUT2D eigenvalue weighted by atomic mass is 16.3. The van der Waals surface area contributed by atoms with Gasteiger partial charge in [0.15, 0.2) is 0 Å². The summed E-state index contributed by atoms with van der Waals surface area (Å²) >= 11 is 0. The maximum atomic E-state index is 12.1. The third kappa shape index (κ3) is 1.88. The molecule has 0 radical (unpaired) electrons. The van der Waals surface area contributed by atoms with Crippen molar-refractivity contribution in [2.75, 3.05) is 18.1 Å². The summed E-state index contributed by atoms with van der Waals surface area (Å²) < 4.78 is 0. The van der Waals surface area contributed by atoms with Crippen molar-refractivity contribution in [2.24, 2.45) is 0 Å². The van der Waals surface area contributed by atoms with Crippen LogP contribution in [0.4, 0.5) is 5.69 Å². The van der Waals surface area contributed by atoms with Crippen molar-refractivity contribution in [3.63, 3.8) is 0 Å². The number of nitrogens with zero attached hydrogens (tertiary/aromatic N) is 3. The molecule has 1 aromatic heterocycles. The van der Waals surface area contributed by atoms with Gasteiger partial charge in [0.2, 0.25) is 11.8 Å². The number of hydrogen-bond acceptors (Lipinski definition) is 4. The molecule has 0 aliphatic carbocycles. The van der Waals surface area contributed by atoms with Crippen LogP contribution in [-0.4, -0.2) is 52.0 Å². The van der Waals surface area contributed by atoms with Crippen molar-refractivity contribution < 1.29 is 14.7 Å². The number of aromatic nitrogens is 1. The lowest BCUT2D eigenvalue weighted by Crippen LogP contribution is -2.41. The molecule has 3 rings (SSSR count). The van der Waals surface area contributed by atoms with E-state index < -0.39 is 6.61 Å². The summed E-state index contributed by atoms with van der Waals surface area (Å²) in [5.74, 6) is -0.285. The number of anilines is 1. The van der Waals surface area contributed by atoms with E-state index in [1.54, 1.807) is 28.3 Å². The highest BCUT2D eigenvalue weighted by Crippen LogP contribution is 2.35. The van der Waals surface area contributed by atoms with Gasteiger partial charge in [-0.3, -0.25) is 14.6 Å². The lowest BCUT2D eigenvalue weighted by atomic mass is 10.1. The molecule has 0 unspecified atom stereocenters. The van der Waals surface area contributed by atoms with Crippen LogP contribution in [0.1, 0.15) is 12.8 Å². The van der Waals surface area contributed by atoms with E-state index in [-0.39, 0.29) is 23.9 Å². The summed E-state index contributed by atoms with van der Waals surface area (Å²) in [6, 6.07) is 3.53. The van der Waals surface area contributed by atoms with Crippen molar-refractivity contribution in [1.82, 2.24) is 9.88 Å². The molecule has 2 saturated heterocycles. The van der Waals surface area contributed by atoms with Gasteiger partial charge in [0, 0.05) is 19.2 Å². The second-order valence-electron chi connectivity index (χ2n) is 4.85. The molecule has 2 atom stereocenters. The normalized spacial score (nSPS) is 25.8. The first kappa shape index (κ1) is 12.1. The van der Waals surface area contributed by atoms with Crippen molar-refractivity contribution in [3.8, 4) is 0 Å². The van der Waals surface area contributed by atoms with E-state index in [0.717, 1.165) is 12.1 Å². The number of aliphatic hydroxyl groups is 1. The molecule has 100 valence electrons. The van der Waals surface area contributed by atoms with Gasteiger partial charge < -0.3 is 14.9 Å². The molecule has 0 aromatic carbocycles. The van der Waals surface area contributed by atoms with Crippen LogP contribution in [0, 0.1) is 0 Å². The standard InChI is InChI=1S/C13H15N3O3/c17-8-13(19)15-5-3-10-11(15)6-12(18)16(10)9-2-1-4-14-7-9/h1-2,4,7,10-11,17H,3,5-6,8H2/t10-,11-/m0/s1. The minimum atomic E-state index is -0.496. The van der Waals surface area contributed by atoms with E-state index in [0.29, 0.717) is 13.0 Å². The molecule has 1 aromatic rings. The highest BCUT2D eigenvalue weighted by Gasteiger charge is 2.48. The lowest BCUT2D eigenvalue weighted by Gasteiger charge is -2.24. The molecule has 6 nitrogen and oxygen atoms in total. The number of hydrogen-bond donors (Lipinski definition) is 1. The van der Waals surface area contributed by atoms with Gasteiger partial charge >= 0.3 is 0 Å². The first-order chi connectivity index (χ1) is 9.22. The zero-order valence-electron chi connectivity index (χ0n) is 10.4. The maximum Gasteiger partial charge on any atom is 0.248 e. The minimum Gasteiger partial charge on any atom is -0.387 e. The fraction of sp³-hybridized carbons (Fsp3) is 0.462. The van der Waals surface area contributed by atoms with Crippen molar-refractivity contribution in [3.05, 3.63) is 24.5 Å². The van der Waals surface area contributed by atoms with E-state index in [1.807, 2.05) is 6.07 Å². The van der Waals surface area contributed by atoms with Crippen molar-refractivity contribution in [2.45, 2.75) is 24.9 Å². The predicted molar refractivity (Wildman–Crippen MR) is 67.3 cm³/mol. The summed E-state index contributed by atoms with van der Waals surface area (Å²) in [7, 11) is 0. The topological polar surface area (TPSA) is 73.7 Å². The van der Waals surface area contributed by atoms with Crippen LogP contribution in [0.15, 0.2) is 24.5 Å². The quantitative estimate of drug-likeness (QED) is 0.798. The fourth-order valence-electron chi connectivity index (χ4n) is 3.08. The number of aliphatic hydroxyl groups excluding tert-OH is 1. The first-order valence-corrected chi connectivity index (χ1v) is 6.35. The lowest BCUT2D eigenvalue weighted by molar-refractivity contribution is -0.135. The SMILES string of the molecule is O=C(CO)N1CC[C@H]2[C@@H]1CC(=O)N2c1cccnc1. The number of fused-ring (bicyclic) bond motifs is 1. The molecule has 0 spiro atoms. The molecular formula is C13H15N3O3. The van der Waals surface area contributed by atoms with Gasteiger partial charge in [0.1, 0.15) is 6.61 Å². The van der Waals surface area contributed by atoms with Crippen LogP contribution in [0.25, 0.3) is 0 Å². The van der Waals surface area contributed by atoms with Gasteiger partial charge in [0.05, 0.1) is 24.0 Å². The molecule has 2 aliphatic rings. The Morgan fingerprint density at radius 2 is 2.32 bits per heavy atom. The smallest absolute Gasteiger partial charge is 0.248 e. The Balaban J connectivity index is 1.87. The minimum absolute atomic E-state index is 0.00667. The second-order valence-corrected chi connectivity index (χ2v) is 4.85. The average molecular weight is 261 g/mol. The van der Waals surface area contributed by atoms with E-state index in [9.17, 15) is 9.59 Å². The predicted octanol–water partition coefficient (Wildman–Crippen LogP) is -0.220. The Labute approximate surface area is 110 Å². The summed E-state index contributed by atoms with van der Waals surface area (Å²) in [6.07, 6.45) is 4.40. The second kappa shape index (κ2) is 4.62. The van der Waals surface area contributed by atoms with Crippen LogP contribution >= 0.6 is 0 Å². The van der Waals surface area contributed by atoms with Gasteiger partial charge in [-0.15, -0.1) is 0 Å². The Kier molecular flexibility index (Phi) is 2.94. The molecule has 0 saturated carbocycles. The zero-order chi connectivity index (χ0) is 13.4. The number of pyridine rings is 1. The summed E-state index contributed by atoms with van der Waals surface area (Å²) in [6.45, 7) is 0.100. The van der Waals surface area contributed by atoms with Crippen LogP contribution in [0.3, 0.4) is 0 Å². The molecule has 19 heavy (non-hydrogen) atoms. The third-order valence-electron chi connectivity index (χ3n) is 3.87. The summed E-state index contributed by atoms with van der Waals surface area (Å²) in [5.41, 5.74) is 0.776. The van der Waals surface area contributed by atoms with Gasteiger partial charge in [-0.05, 0) is 18.6 Å².